The predicted molar refractivity (Wildman–Crippen MR) is 114 cm³/mol. The molecule has 5 nitrogen and oxygen atoms in total. The first-order valence-electron chi connectivity index (χ1n) is 9.51. The van der Waals surface area contributed by atoms with Crippen molar-refractivity contribution in [2.45, 2.75) is 26.5 Å². The van der Waals surface area contributed by atoms with Gasteiger partial charge in [-0.1, -0.05) is 30.3 Å². The fraction of sp³-hybridized carbons (Fsp3) is 0.167. The van der Waals surface area contributed by atoms with Gasteiger partial charge in [-0.2, -0.15) is 0 Å². The monoisotopic (exact) mass is 388 g/mol. The van der Waals surface area contributed by atoms with E-state index in [4.69, 9.17) is 4.74 Å². The second kappa shape index (κ2) is 9.55. The van der Waals surface area contributed by atoms with E-state index in [1.165, 1.54) is 0 Å². The van der Waals surface area contributed by atoms with E-state index in [0.717, 1.165) is 11.3 Å². The van der Waals surface area contributed by atoms with Crippen molar-refractivity contribution >= 4 is 17.5 Å². The van der Waals surface area contributed by atoms with Gasteiger partial charge in [-0.25, -0.2) is 0 Å². The van der Waals surface area contributed by atoms with Crippen LogP contribution in [-0.2, 0) is 6.54 Å². The van der Waals surface area contributed by atoms with Crippen molar-refractivity contribution in [2.75, 3.05) is 5.32 Å². The average molecular weight is 388 g/mol. The predicted octanol–water partition coefficient (Wildman–Crippen LogP) is 4.66. The summed E-state index contributed by atoms with van der Waals surface area (Å²) in [6.07, 6.45) is 0.0816. The Hall–Kier alpha value is -3.60. The summed E-state index contributed by atoms with van der Waals surface area (Å²) < 4.78 is 5.58. The van der Waals surface area contributed by atoms with E-state index in [-0.39, 0.29) is 17.9 Å². The second-order valence-electron chi connectivity index (χ2n) is 6.89. The highest BCUT2D eigenvalue weighted by atomic mass is 16.5. The molecule has 2 amide bonds. The molecule has 5 heteroatoms. The molecule has 3 rings (SSSR count). The zero-order chi connectivity index (χ0) is 20.6. The topological polar surface area (TPSA) is 67.4 Å². The van der Waals surface area contributed by atoms with Crippen molar-refractivity contribution in [1.82, 2.24) is 5.32 Å². The van der Waals surface area contributed by atoms with Gasteiger partial charge >= 0.3 is 0 Å². The Balaban J connectivity index is 1.55. The molecule has 0 aliphatic rings. The third-order valence-electron chi connectivity index (χ3n) is 4.19. The van der Waals surface area contributed by atoms with Gasteiger partial charge in [0.1, 0.15) is 5.75 Å². The standard InChI is InChI=1S/C24H24N2O3/c1-17(2)29-22-14-10-20(11-15-22)24(28)26-21-12-8-19(9-13-21)23(27)25-16-18-6-4-3-5-7-18/h3-15,17H,16H2,1-2H3,(H,25,27)(H,26,28). The zero-order valence-corrected chi connectivity index (χ0v) is 16.5. The number of nitrogens with one attached hydrogen (secondary N) is 2. The fourth-order valence-electron chi connectivity index (χ4n) is 2.75. The minimum atomic E-state index is -0.220. The van der Waals surface area contributed by atoms with Crippen molar-refractivity contribution in [3.05, 3.63) is 95.6 Å². The van der Waals surface area contributed by atoms with Crippen molar-refractivity contribution < 1.29 is 14.3 Å². The molecular weight excluding hydrogens is 364 g/mol. The molecule has 29 heavy (non-hydrogen) atoms. The largest absolute Gasteiger partial charge is 0.491 e. The number of carbonyl (C=O) groups is 2. The normalized spacial score (nSPS) is 10.4. The summed E-state index contributed by atoms with van der Waals surface area (Å²) in [5, 5.41) is 5.71. The molecule has 0 unspecified atom stereocenters. The summed E-state index contributed by atoms with van der Waals surface area (Å²) in [5.74, 6) is 0.345. The maximum absolute atomic E-state index is 12.4. The van der Waals surface area contributed by atoms with Crippen LogP contribution in [0.5, 0.6) is 5.75 Å². The van der Waals surface area contributed by atoms with Crippen LogP contribution in [0.25, 0.3) is 0 Å². The van der Waals surface area contributed by atoms with Crippen molar-refractivity contribution in [1.29, 1.82) is 0 Å². The van der Waals surface area contributed by atoms with Gasteiger partial charge in [-0.15, -0.1) is 0 Å². The zero-order valence-electron chi connectivity index (χ0n) is 16.5. The molecule has 0 aliphatic carbocycles. The molecule has 0 fully saturated rings. The number of ether oxygens (including phenoxy) is 1. The van der Waals surface area contributed by atoms with Gasteiger partial charge in [0, 0.05) is 23.4 Å². The van der Waals surface area contributed by atoms with E-state index in [1.54, 1.807) is 48.5 Å². The van der Waals surface area contributed by atoms with Gasteiger partial charge in [0.25, 0.3) is 11.8 Å². The Morgan fingerprint density at radius 2 is 1.38 bits per heavy atom. The average Bonchev–Trinajstić information content (AvgIpc) is 2.73. The van der Waals surface area contributed by atoms with Gasteiger partial charge in [-0.05, 0) is 67.9 Å². The van der Waals surface area contributed by atoms with Gasteiger partial charge < -0.3 is 15.4 Å². The van der Waals surface area contributed by atoms with Crippen molar-refractivity contribution in [2.24, 2.45) is 0 Å². The fourth-order valence-corrected chi connectivity index (χ4v) is 2.75. The lowest BCUT2D eigenvalue weighted by molar-refractivity contribution is 0.0950. The molecule has 148 valence electrons. The first-order chi connectivity index (χ1) is 14.0. The highest BCUT2D eigenvalue weighted by molar-refractivity contribution is 6.04. The number of hydrogen-bond donors (Lipinski definition) is 2. The Bertz CT molecular complexity index is 950. The van der Waals surface area contributed by atoms with E-state index in [1.807, 2.05) is 44.2 Å². The highest BCUT2D eigenvalue weighted by Crippen LogP contribution is 2.16. The first-order valence-corrected chi connectivity index (χ1v) is 9.51. The quantitative estimate of drug-likeness (QED) is 0.619. The lowest BCUT2D eigenvalue weighted by Gasteiger charge is -2.10. The molecule has 3 aromatic carbocycles. The molecule has 0 aromatic heterocycles. The maximum atomic E-state index is 12.4. The Labute approximate surface area is 170 Å². The Kier molecular flexibility index (Phi) is 6.63. The van der Waals surface area contributed by atoms with Crippen LogP contribution in [0.1, 0.15) is 40.1 Å². The van der Waals surface area contributed by atoms with Crippen LogP contribution in [0.15, 0.2) is 78.9 Å². The van der Waals surface area contributed by atoms with Crippen LogP contribution in [0.4, 0.5) is 5.69 Å². The Morgan fingerprint density at radius 3 is 2.00 bits per heavy atom. The summed E-state index contributed by atoms with van der Waals surface area (Å²) in [6.45, 7) is 4.37. The second-order valence-corrected chi connectivity index (χ2v) is 6.89. The van der Waals surface area contributed by atoms with Crippen LogP contribution in [0, 0.1) is 0 Å². The van der Waals surface area contributed by atoms with E-state index >= 15 is 0 Å². The molecule has 0 spiro atoms. The summed E-state index contributed by atoms with van der Waals surface area (Å²) in [4.78, 5) is 24.7. The number of benzene rings is 3. The first kappa shape index (κ1) is 20.1. The molecule has 0 radical (unpaired) electrons. The minimum Gasteiger partial charge on any atom is -0.491 e. The van der Waals surface area contributed by atoms with Gasteiger partial charge in [0.2, 0.25) is 0 Å². The maximum Gasteiger partial charge on any atom is 0.255 e. The van der Waals surface area contributed by atoms with Crippen molar-refractivity contribution in [3.63, 3.8) is 0 Å². The molecule has 0 bridgehead atoms. The van der Waals surface area contributed by atoms with E-state index in [0.29, 0.717) is 23.4 Å². The Morgan fingerprint density at radius 1 is 0.793 bits per heavy atom. The molecule has 0 saturated carbocycles. The van der Waals surface area contributed by atoms with Gasteiger partial charge in [0.15, 0.2) is 0 Å². The SMILES string of the molecule is CC(C)Oc1ccc(C(=O)Nc2ccc(C(=O)NCc3ccccc3)cc2)cc1. The number of rotatable bonds is 7. The third kappa shape index (κ3) is 5.94. The van der Waals surface area contributed by atoms with E-state index in [2.05, 4.69) is 10.6 Å². The van der Waals surface area contributed by atoms with Crippen molar-refractivity contribution in [3.8, 4) is 5.75 Å². The number of hydrogen-bond acceptors (Lipinski definition) is 3. The lowest BCUT2D eigenvalue weighted by atomic mass is 10.1. The highest BCUT2D eigenvalue weighted by Gasteiger charge is 2.09. The van der Waals surface area contributed by atoms with E-state index < -0.39 is 0 Å². The molecule has 3 aromatic rings. The van der Waals surface area contributed by atoms with Crippen LogP contribution >= 0.6 is 0 Å². The van der Waals surface area contributed by atoms with Crippen LogP contribution in [-0.4, -0.2) is 17.9 Å². The van der Waals surface area contributed by atoms with E-state index in [9.17, 15) is 9.59 Å². The number of carbonyl (C=O) groups excluding carboxylic acids is 2. The minimum absolute atomic E-state index is 0.0816. The molecule has 0 atom stereocenters. The van der Waals surface area contributed by atoms with Crippen LogP contribution in [0.3, 0.4) is 0 Å². The number of amides is 2. The van der Waals surface area contributed by atoms with Crippen LogP contribution in [0.2, 0.25) is 0 Å². The summed E-state index contributed by atoms with van der Waals surface area (Å²) in [6, 6.07) is 23.5. The van der Waals surface area contributed by atoms with Crippen LogP contribution < -0.4 is 15.4 Å². The molecule has 0 heterocycles. The third-order valence-corrected chi connectivity index (χ3v) is 4.19. The van der Waals surface area contributed by atoms with Gasteiger partial charge in [0.05, 0.1) is 6.10 Å². The lowest BCUT2D eigenvalue weighted by Crippen LogP contribution is -2.22. The summed E-state index contributed by atoms with van der Waals surface area (Å²) in [5.41, 5.74) is 2.73. The van der Waals surface area contributed by atoms with Gasteiger partial charge in [-0.3, -0.25) is 9.59 Å². The molecule has 0 aliphatic heterocycles. The molecule has 2 N–H and O–H groups in total. The molecular formula is C24H24N2O3. The summed E-state index contributed by atoms with van der Waals surface area (Å²) >= 11 is 0. The smallest absolute Gasteiger partial charge is 0.255 e. The molecule has 0 saturated heterocycles. The summed E-state index contributed by atoms with van der Waals surface area (Å²) in [7, 11) is 0. The number of anilines is 1.